The number of nitrogen functional groups attached to an aromatic ring is 1. The van der Waals surface area contributed by atoms with Crippen molar-refractivity contribution < 1.29 is 24.1 Å². The number of nitrogens with one attached hydrogen (secondary N) is 3. The van der Waals surface area contributed by atoms with Crippen LogP contribution in [0.4, 0.5) is 21.9 Å². The number of carbonyl (C=O) groups excluding carboxylic acids is 1. The first-order chi connectivity index (χ1) is 25.2. The van der Waals surface area contributed by atoms with Crippen molar-refractivity contribution in [2.24, 2.45) is 0 Å². The van der Waals surface area contributed by atoms with E-state index >= 15 is 0 Å². The first-order valence-corrected chi connectivity index (χ1v) is 17.7. The molecule has 0 saturated heterocycles. The second kappa shape index (κ2) is 18.1. The van der Waals surface area contributed by atoms with Crippen LogP contribution in [0.1, 0.15) is 65.5 Å². The van der Waals surface area contributed by atoms with E-state index in [0.29, 0.717) is 34.1 Å². The van der Waals surface area contributed by atoms with Gasteiger partial charge < -0.3 is 41.0 Å². The summed E-state index contributed by atoms with van der Waals surface area (Å²) in [5.41, 5.74) is 13.1. The molecule has 0 aliphatic rings. The number of para-hydroxylation sites is 2. The number of rotatable bonds is 18. The molecule has 52 heavy (non-hydrogen) atoms. The largest absolute Gasteiger partial charge is 0.497 e. The number of nitrogens with zero attached hydrogens (tertiary/aromatic N) is 4. The number of nitrogens with two attached hydrogens (primary N) is 1. The van der Waals surface area contributed by atoms with Gasteiger partial charge in [-0.25, -0.2) is 14.5 Å². The molecule has 13 nitrogen and oxygen atoms in total. The lowest BCUT2D eigenvalue weighted by Crippen LogP contribution is -2.39. The van der Waals surface area contributed by atoms with Crippen LogP contribution in [0.25, 0.3) is 33.4 Å². The van der Waals surface area contributed by atoms with E-state index in [1.54, 1.807) is 40.5 Å². The van der Waals surface area contributed by atoms with Crippen molar-refractivity contribution in [1.82, 2.24) is 25.1 Å². The Morgan fingerprint density at radius 2 is 1.67 bits per heavy atom. The minimum Gasteiger partial charge on any atom is -0.497 e. The minimum absolute atomic E-state index is 0.117. The second-order valence-electron chi connectivity index (χ2n) is 12.9. The number of unbranched alkanes of at least 4 members (excludes halogenated alkanes) is 4. The lowest BCUT2D eigenvalue weighted by atomic mass is 10.0. The van der Waals surface area contributed by atoms with Gasteiger partial charge in [0.25, 0.3) is 0 Å². The number of aliphatic hydroxyl groups is 1. The fourth-order valence-corrected chi connectivity index (χ4v) is 5.98. The topological polar surface area (TPSA) is 171 Å². The number of anilines is 3. The van der Waals surface area contributed by atoms with Crippen LogP contribution in [0.15, 0.2) is 73.2 Å². The third-order valence-corrected chi connectivity index (χ3v) is 8.55. The number of carbonyl (C=O) groups is 1. The summed E-state index contributed by atoms with van der Waals surface area (Å²) in [6.07, 6.45) is 10.0. The predicted octanol–water partition coefficient (Wildman–Crippen LogP) is 7.60. The molecule has 6 N–H and O–H groups in total. The van der Waals surface area contributed by atoms with Gasteiger partial charge in [-0.15, -0.1) is 0 Å². The molecule has 5 rings (SSSR count). The summed E-state index contributed by atoms with van der Waals surface area (Å²) in [6.45, 7) is 5.65. The van der Waals surface area contributed by atoms with Crippen LogP contribution in [0.5, 0.6) is 11.5 Å². The molecule has 0 aliphatic carbocycles. The molecule has 13 heteroatoms. The fraction of sp³-hybridized carbons (Fsp3) is 0.385. The van der Waals surface area contributed by atoms with Gasteiger partial charge in [0.1, 0.15) is 17.7 Å². The van der Waals surface area contributed by atoms with Crippen LogP contribution in [0, 0.1) is 0 Å². The fourth-order valence-electron chi connectivity index (χ4n) is 5.98. The van der Waals surface area contributed by atoms with Gasteiger partial charge in [0.15, 0.2) is 0 Å². The molecule has 0 saturated carbocycles. The summed E-state index contributed by atoms with van der Waals surface area (Å²) >= 11 is 0. The van der Waals surface area contributed by atoms with E-state index in [2.05, 4.69) is 16.0 Å². The van der Waals surface area contributed by atoms with Gasteiger partial charge >= 0.3 is 6.09 Å². The summed E-state index contributed by atoms with van der Waals surface area (Å²) in [4.78, 5) is 22.0. The third kappa shape index (κ3) is 9.81. The van der Waals surface area contributed by atoms with E-state index in [1.807, 2.05) is 72.4 Å². The maximum absolute atomic E-state index is 12.3. The first-order valence-electron chi connectivity index (χ1n) is 17.7. The van der Waals surface area contributed by atoms with Crippen molar-refractivity contribution in [1.29, 1.82) is 0 Å². The van der Waals surface area contributed by atoms with Crippen LogP contribution in [-0.2, 0) is 4.74 Å². The number of ether oxygens (including phenoxy) is 3. The molecular formula is C39H50N8O5. The average Bonchev–Trinajstić information content (AvgIpc) is 3.62. The number of benzene rings is 3. The number of aromatic nitrogens is 4. The molecule has 276 valence electrons. The van der Waals surface area contributed by atoms with Crippen molar-refractivity contribution in [3.63, 3.8) is 0 Å². The van der Waals surface area contributed by atoms with Crippen LogP contribution in [-0.4, -0.2) is 64.0 Å². The molecule has 2 aromatic heterocycles. The van der Waals surface area contributed by atoms with Crippen molar-refractivity contribution in [3.05, 3.63) is 73.2 Å². The zero-order chi connectivity index (χ0) is 37.0. The Kier molecular flexibility index (Phi) is 13.1. The van der Waals surface area contributed by atoms with Gasteiger partial charge in [-0.3, -0.25) is 4.98 Å². The van der Waals surface area contributed by atoms with E-state index in [-0.39, 0.29) is 18.9 Å². The van der Waals surface area contributed by atoms with E-state index in [1.165, 1.54) is 0 Å². The first kappa shape index (κ1) is 37.7. The highest BCUT2D eigenvalue weighted by molar-refractivity contribution is 5.90. The summed E-state index contributed by atoms with van der Waals surface area (Å²) in [5, 5.41) is 23.6. The number of fused-ring (bicyclic) bond motifs is 1. The maximum atomic E-state index is 12.3. The van der Waals surface area contributed by atoms with Crippen LogP contribution in [0.2, 0.25) is 0 Å². The molecule has 0 aliphatic heterocycles. The van der Waals surface area contributed by atoms with Gasteiger partial charge in [0, 0.05) is 36.1 Å². The molecule has 1 amide bonds. The zero-order valence-corrected chi connectivity index (χ0v) is 30.6. The Labute approximate surface area is 304 Å². The van der Waals surface area contributed by atoms with Crippen LogP contribution in [0.3, 0.4) is 0 Å². The standard InChI is InChI=1S/C39H50N8O5/c1-25(2)52-39(49)44-26(3)43-34-20-29(50-4)21-36(51-5)38(34)27-16-17-32-33(19-27)41-23-35(45-32)28-22-42-47(24-28)37(15-9-7-6-8-12-18-48)46-31-14-11-10-13-30(31)40/h10-11,13-14,16-17,19-26,37,43,46,48H,6-9,12,15,18,40H2,1-5H3,(H,44,49). The smallest absolute Gasteiger partial charge is 0.408 e. The highest BCUT2D eigenvalue weighted by atomic mass is 16.6. The average molecular weight is 711 g/mol. The van der Waals surface area contributed by atoms with Gasteiger partial charge in [-0.2, -0.15) is 5.10 Å². The molecule has 0 spiro atoms. The lowest BCUT2D eigenvalue weighted by molar-refractivity contribution is 0.113. The highest BCUT2D eigenvalue weighted by Gasteiger charge is 2.19. The van der Waals surface area contributed by atoms with Crippen LogP contribution >= 0.6 is 0 Å². The summed E-state index contributed by atoms with van der Waals surface area (Å²) < 4.78 is 18.5. The highest BCUT2D eigenvalue weighted by Crippen LogP contribution is 2.41. The number of alkyl carbamates (subject to hydrolysis) is 1. The van der Waals surface area contributed by atoms with Crippen molar-refractivity contribution >= 4 is 34.2 Å². The maximum Gasteiger partial charge on any atom is 0.408 e. The van der Waals surface area contributed by atoms with E-state index in [0.717, 1.165) is 66.4 Å². The molecule has 2 heterocycles. The molecule has 5 aromatic rings. The normalized spacial score (nSPS) is 12.4. The number of methoxy groups -OCH3 is 2. The Morgan fingerprint density at radius 3 is 2.42 bits per heavy atom. The van der Waals surface area contributed by atoms with E-state index in [9.17, 15) is 4.79 Å². The molecule has 0 radical (unpaired) electrons. The van der Waals surface area contributed by atoms with Crippen LogP contribution < -0.4 is 31.2 Å². The number of hydrogen-bond donors (Lipinski definition) is 5. The van der Waals surface area contributed by atoms with Gasteiger partial charge in [0.05, 0.1) is 72.7 Å². The molecule has 3 aromatic carbocycles. The second-order valence-corrected chi connectivity index (χ2v) is 12.9. The monoisotopic (exact) mass is 710 g/mol. The Hall–Kier alpha value is -5.56. The molecular weight excluding hydrogens is 660 g/mol. The van der Waals surface area contributed by atoms with Crippen molar-refractivity contribution in [2.75, 3.05) is 37.2 Å². The number of hydrogen-bond acceptors (Lipinski definition) is 11. The Bertz CT molecular complexity index is 1930. The van der Waals surface area contributed by atoms with Gasteiger partial charge in [-0.1, -0.05) is 37.5 Å². The van der Waals surface area contributed by atoms with E-state index in [4.69, 9.17) is 40.1 Å². The summed E-state index contributed by atoms with van der Waals surface area (Å²) in [7, 11) is 3.19. The molecule has 0 fully saturated rings. The molecule has 2 unspecified atom stereocenters. The predicted molar refractivity (Wildman–Crippen MR) is 205 cm³/mol. The Balaban J connectivity index is 1.39. The van der Waals surface area contributed by atoms with Gasteiger partial charge in [-0.05, 0) is 69.9 Å². The number of aliphatic hydroxyl groups excluding tert-OH is 1. The molecule has 0 bridgehead atoms. The van der Waals surface area contributed by atoms with E-state index < -0.39 is 12.3 Å². The zero-order valence-electron chi connectivity index (χ0n) is 30.6. The Morgan fingerprint density at radius 1 is 0.885 bits per heavy atom. The third-order valence-electron chi connectivity index (χ3n) is 8.55. The minimum atomic E-state index is -0.522. The molecule has 2 atom stereocenters. The number of amides is 1. The lowest BCUT2D eigenvalue weighted by Gasteiger charge is -2.22. The van der Waals surface area contributed by atoms with Gasteiger partial charge in [0.2, 0.25) is 0 Å². The van der Waals surface area contributed by atoms with Crippen molar-refractivity contribution in [2.45, 2.75) is 77.7 Å². The summed E-state index contributed by atoms with van der Waals surface area (Å²) in [6, 6.07) is 17.3. The SMILES string of the molecule is COc1cc(NC(C)NC(=O)OC(C)C)c(-c2ccc3nc(-c4cnn(C(CCCCCCCO)Nc5ccccc5N)c4)cnc3c2)c(OC)c1. The summed E-state index contributed by atoms with van der Waals surface area (Å²) in [5.74, 6) is 1.18. The van der Waals surface area contributed by atoms with Crippen molar-refractivity contribution in [3.8, 4) is 33.9 Å². The quantitative estimate of drug-likeness (QED) is 0.0345.